The van der Waals surface area contributed by atoms with Crippen molar-refractivity contribution in [2.75, 3.05) is 24.5 Å². The second-order valence-electron chi connectivity index (χ2n) is 9.63. The molecule has 2 N–H and O–H groups in total. The first-order chi connectivity index (χ1) is 19.7. The molecule has 0 aliphatic carbocycles. The van der Waals surface area contributed by atoms with Crippen molar-refractivity contribution in [1.82, 2.24) is 19.4 Å². The lowest BCUT2D eigenvalue weighted by Crippen LogP contribution is -2.58. The number of benzene rings is 2. The number of aryl methyl sites for hydroxylation is 2. The number of carboxylic acid groups (broad SMARTS) is 2. The second-order valence-corrected chi connectivity index (χ2v) is 10.0. The zero-order valence-electron chi connectivity index (χ0n) is 22.3. The van der Waals surface area contributed by atoms with Gasteiger partial charge in [-0.15, -0.1) is 0 Å². The molecule has 0 saturated carbocycles. The first-order valence-corrected chi connectivity index (χ1v) is 13.5. The number of rotatable bonds is 6. The minimum atomic E-state index is -1.31. The number of aromatic nitrogens is 3. The normalized spacial score (nSPS) is 15.4. The molecule has 5 rings (SSSR count). The van der Waals surface area contributed by atoms with E-state index in [4.69, 9.17) is 16.6 Å². The highest BCUT2D eigenvalue weighted by Gasteiger charge is 2.37. The fraction of sp³-hybridized carbons (Fsp3) is 0.276. The van der Waals surface area contributed by atoms with Crippen LogP contribution in [-0.2, 0) is 17.6 Å². The van der Waals surface area contributed by atoms with E-state index < -0.39 is 29.6 Å². The molecule has 1 amide bonds. The highest BCUT2D eigenvalue weighted by molar-refractivity contribution is 6.33. The van der Waals surface area contributed by atoms with E-state index in [9.17, 15) is 29.0 Å². The van der Waals surface area contributed by atoms with Gasteiger partial charge in [0.15, 0.2) is 5.65 Å². The Labute approximate surface area is 239 Å². The maximum atomic E-state index is 14.9. The van der Waals surface area contributed by atoms with Crippen molar-refractivity contribution >= 4 is 40.5 Å². The van der Waals surface area contributed by atoms with E-state index in [1.165, 1.54) is 27.7 Å². The van der Waals surface area contributed by atoms with Crippen LogP contribution in [0.25, 0.3) is 28.0 Å². The first kappa shape index (κ1) is 28.0. The molecule has 212 valence electrons. The Bertz CT molecular complexity index is 1720. The van der Waals surface area contributed by atoms with Crippen molar-refractivity contribution in [2.24, 2.45) is 0 Å². The van der Waals surface area contributed by atoms with E-state index in [0.717, 1.165) is 16.0 Å². The maximum Gasteiger partial charge on any atom is 0.407 e. The summed E-state index contributed by atoms with van der Waals surface area (Å²) in [7, 11) is 0. The zero-order valence-corrected chi connectivity index (χ0v) is 23.1. The van der Waals surface area contributed by atoms with Crippen molar-refractivity contribution in [3.8, 4) is 16.9 Å². The topological polar surface area (TPSA) is 129 Å². The molecule has 1 aliphatic heterocycles. The molecule has 4 aromatic rings. The number of anilines is 1. The molecular weight excluding hydrogens is 553 g/mol. The minimum absolute atomic E-state index is 0.00149. The molecule has 12 heteroatoms. The lowest BCUT2D eigenvalue weighted by Gasteiger charge is -2.39. The number of aliphatic carboxylic acids is 1. The second kappa shape index (κ2) is 11.2. The van der Waals surface area contributed by atoms with Gasteiger partial charge in [0.05, 0.1) is 28.3 Å². The molecule has 41 heavy (non-hydrogen) atoms. The summed E-state index contributed by atoms with van der Waals surface area (Å²) in [5.41, 5.74) is 2.00. The molecule has 1 aliphatic rings. The molecular formula is C29H27ClFN5O5. The predicted molar refractivity (Wildman–Crippen MR) is 153 cm³/mol. The van der Waals surface area contributed by atoms with Gasteiger partial charge in [-0.05, 0) is 42.2 Å². The Balaban J connectivity index is 1.86. The highest BCUT2D eigenvalue weighted by atomic mass is 35.5. The van der Waals surface area contributed by atoms with Gasteiger partial charge >= 0.3 is 17.8 Å². The summed E-state index contributed by atoms with van der Waals surface area (Å²) in [4.78, 5) is 49.2. The average Bonchev–Trinajstić information content (AvgIpc) is 2.96. The van der Waals surface area contributed by atoms with Gasteiger partial charge in [0.1, 0.15) is 17.7 Å². The van der Waals surface area contributed by atoms with Crippen molar-refractivity contribution in [1.29, 1.82) is 0 Å². The number of nitrogens with zero attached hydrogens (tertiary/aromatic N) is 5. The number of pyridine rings is 1. The lowest BCUT2D eigenvalue weighted by molar-refractivity contribution is -0.139. The molecule has 0 bridgehead atoms. The Morgan fingerprint density at radius 2 is 1.71 bits per heavy atom. The first-order valence-electron chi connectivity index (χ1n) is 13.1. The summed E-state index contributed by atoms with van der Waals surface area (Å²) in [6.45, 7) is 3.55. The van der Waals surface area contributed by atoms with E-state index in [1.807, 2.05) is 32.0 Å². The van der Waals surface area contributed by atoms with E-state index >= 15 is 0 Å². The van der Waals surface area contributed by atoms with Crippen molar-refractivity contribution in [3.05, 3.63) is 81.0 Å². The van der Waals surface area contributed by atoms with Crippen LogP contribution in [0.3, 0.4) is 0 Å². The molecule has 1 atom stereocenters. The van der Waals surface area contributed by atoms with E-state index in [2.05, 4.69) is 4.98 Å². The minimum Gasteiger partial charge on any atom is -0.480 e. The SMILES string of the molecule is CCc1cccc(CC)c1-n1c(=O)nc(N2CCN(C(=O)O)CC2C(=O)O)c2cc(Cl)c(-c3ccccc3F)nc21. The van der Waals surface area contributed by atoms with Crippen LogP contribution in [0.2, 0.25) is 5.02 Å². The molecule has 1 saturated heterocycles. The van der Waals surface area contributed by atoms with Crippen LogP contribution in [0.1, 0.15) is 25.0 Å². The van der Waals surface area contributed by atoms with Gasteiger partial charge in [-0.25, -0.2) is 28.3 Å². The summed E-state index contributed by atoms with van der Waals surface area (Å²) >= 11 is 6.67. The number of carboxylic acids is 1. The molecule has 2 aromatic heterocycles. The molecule has 0 radical (unpaired) electrons. The number of para-hydroxylation sites is 1. The Kier molecular flexibility index (Phi) is 7.63. The van der Waals surface area contributed by atoms with E-state index in [0.29, 0.717) is 18.5 Å². The van der Waals surface area contributed by atoms with Gasteiger partial charge in [-0.2, -0.15) is 4.98 Å². The van der Waals surface area contributed by atoms with Gasteiger partial charge in [0.25, 0.3) is 0 Å². The number of hydrogen-bond acceptors (Lipinski definition) is 6. The van der Waals surface area contributed by atoms with E-state index in [-0.39, 0.29) is 52.8 Å². The zero-order chi connectivity index (χ0) is 29.4. The molecule has 10 nitrogen and oxygen atoms in total. The highest BCUT2D eigenvalue weighted by Crippen LogP contribution is 2.36. The summed E-state index contributed by atoms with van der Waals surface area (Å²) in [5, 5.41) is 19.8. The standard InChI is InChI=1S/C29H27ClFN5O5/c1-3-16-8-7-9-17(4-2)24(16)36-26-19(14-20(30)23(32-26)18-10-5-6-11-21(18)31)25(33-28(36)39)35-13-12-34(29(40)41)15-22(35)27(37)38/h5-11,14,22H,3-4,12-13,15H2,1-2H3,(H,37,38)(H,40,41). The van der Waals surface area contributed by atoms with Crippen LogP contribution in [0.5, 0.6) is 0 Å². The molecule has 3 heterocycles. The van der Waals surface area contributed by atoms with Gasteiger partial charge in [-0.1, -0.05) is 55.8 Å². The Morgan fingerprint density at radius 3 is 2.32 bits per heavy atom. The van der Waals surface area contributed by atoms with Crippen LogP contribution in [0.4, 0.5) is 15.0 Å². The van der Waals surface area contributed by atoms with Crippen molar-refractivity contribution in [3.63, 3.8) is 0 Å². The third kappa shape index (κ3) is 4.97. The van der Waals surface area contributed by atoms with Crippen molar-refractivity contribution < 1.29 is 24.2 Å². The monoisotopic (exact) mass is 579 g/mol. The summed E-state index contributed by atoms with van der Waals surface area (Å²) < 4.78 is 16.3. The van der Waals surface area contributed by atoms with E-state index in [1.54, 1.807) is 12.1 Å². The number of fused-ring (bicyclic) bond motifs is 1. The maximum absolute atomic E-state index is 14.9. The van der Waals surface area contributed by atoms with Gasteiger partial charge < -0.3 is 20.0 Å². The smallest absolute Gasteiger partial charge is 0.407 e. The molecule has 2 aromatic carbocycles. The Morgan fingerprint density at radius 1 is 1.02 bits per heavy atom. The van der Waals surface area contributed by atoms with Crippen LogP contribution in [0.15, 0.2) is 53.3 Å². The molecule has 1 unspecified atom stereocenters. The fourth-order valence-electron chi connectivity index (χ4n) is 5.29. The summed E-state index contributed by atoms with van der Waals surface area (Å²) in [5.74, 6) is -1.81. The number of amides is 1. The third-order valence-corrected chi connectivity index (χ3v) is 7.62. The summed E-state index contributed by atoms with van der Waals surface area (Å²) in [6, 6.07) is 11.9. The predicted octanol–water partition coefficient (Wildman–Crippen LogP) is 4.62. The van der Waals surface area contributed by atoms with Crippen LogP contribution >= 0.6 is 11.6 Å². The number of carbonyl (C=O) groups is 2. The van der Waals surface area contributed by atoms with Crippen molar-refractivity contribution in [2.45, 2.75) is 32.7 Å². The number of hydrogen-bond donors (Lipinski definition) is 2. The fourth-order valence-corrected chi connectivity index (χ4v) is 5.55. The van der Waals surface area contributed by atoms with Crippen LogP contribution in [0, 0.1) is 5.82 Å². The quantitative estimate of drug-likeness (QED) is 0.339. The largest absolute Gasteiger partial charge is 0.480 e. The number of halogens is 2. The van der Waals surface area contributed by atoms with Gasteiger partial charge in [0.2, 0.25) is 0 Å². The molecule has 0 spiro atoms. The van der Waals surface area contributed by atoms with Gasteiger partial charge in [-0.3, -0.25) is 0 Å². The number of piperazine rings is 1. The third-order valence-electron chi connectivity index (χ3n) is 7.33. The van der Waals surface area contributed by atoms with Crippen LogP contribution in [-0.4, -0.2) is 67.4 Å². The lowest BCUT2D eigenvalue weighted by atomic mass is 10.0. The van der Waals surface area contributed by atoms with Crippen LogP contribution < -0.4 is 10.6 Å². The van der Waals surface area contributed by atoms with Gasteiger partial charge in [0, 0.05) is 18.7 Å². The average molecular weight is 580 g/mol. The Hall–Kier alpha value is -4.51. The molecule has 1 fully saturated rings. The summed E-state index contributed by atoms with van der Waals surface area (Å²) in [6.07, 6.45) is -0.0398.